The summed E-state index contributed by atoms with van der Waals surface area (Å²) < 4.78 is 3.39. The Morgan fingerprint density at radius 2 is 2.06 bits per heavy atom. The summed E-state index contributed by atoms with van der Waals surface area (Å²) in [5, 5.41) is 2.88. The first-order chi connectivity index (χ1) is 14.9. The number of fused-ring (bicyclic) bond motifs is 1. The monoisotopic (exact) mass is 426 g/mol. The third kappa shape index (κ3) is 5.48. The fourth-order valence-electron chi connectivity index (χ4n) is 3.51. The molecule has 0 spiro atoms. The fraction of sp³-hybridized carbons (Fsp3) is 0.500. The number of nitrogens with one attached hydrogen (secondary N) is 2. The molecule has 0 aliphatic rings. The lowest BCUT2D eigenvalue weighted by atomic mass is 10.2. The standard InChI is InChI=1S/C22H30N6O3/c1-4-5-11-27-20-19(21(30)26-22(27)31)28(14-15(2)3)17(25-20)8-9-18(29)24-13-16-7-6-10-23-12-16/h6-7,10,12,15H,4-5,8-9,11,13-14H2,1-3H3,(H,24,29)(H,26,30,31). The van der Waals surface area contributed by atoms with Gasteiger partial charge in [-0.3, -0.25) is 24.1 Å². The Hall–Kier alpha value is -3.23. The number of aromatic nitrogens is 5. The molecule has 9 nitrogen and oxygen atoms in total. The maximum atomic E-state index is 12.6. The number of pyridine rings is 1. The second-order valence-electron chi connectivity index (χ2n) is 8.11. The van der Waals surface area contributed by atoms with Gasteiger partial charge in [-0.05, 0) is 24.0 Å². The van der Waals surface area contributed by atoms with Crippen molar-refractivity contribution in [1.29, 1.82) is 0 Å². The van der Waals surface area contributed by atoms with E-state index in [-0.39, 0.29) is 18.2 Å². The number of unbranched alkanes of at least 4 members (excludes halogenated alkanes) is 1. The van der Waals surface area contributed by atoms with E-state index in [1.165, 1.54) is 4.57 Å². The molecule has 0 aromatic carbocycles. The molecule has 166 valence electrons. The first kappa shape index (κ1) is 22.5. The highest BCUT2D eigenvalue weighted by atomic mass is 16.2. The van der Waals surface area contributed by atoms with Crippen molar-refractivity contribution >= 4 is 17.1 Å². The van der Waals surface area contributed by atoms with Crippen molar-refractivity contribution in [2.24, 2.45) is 5.92 Å². The number of H-pyrrole nitrogens is 1. The van der Waals surface area contributed by atoms with Crippen LogP contribution < -0.4 is 16.6 Å². The number of amides is 1. The average Bonchev–Trinajstić information content (AvgIpc) is 3.09. The number of aryl methyl sites for hydroxylation is 2. The quantitative estimate of drug-likeness (QED) is 0.514. The minimum atomic E-state index is -0.444. The molecular formula is C22H30N6O3. The van der Waals surface area contributed by atoms with Gasteiger partial charge in [-0.1, -0.05) is 33.3 Å². The topological polar surface area (TPSA) is 115 Å². The first-order valence-electron chi connectivity index (χ1n) is 10.8. The maximum Gasteiger partial charge on any atom is 0.330 e. The predicted octanol–water partition coefficient (Wildman–Crippen LogP) is 1.99. The molecular weight excluding hydrogens is 396 g/mol. The van der Waals surface area contributed by atoms with Gasteiger partial charge in [0.05, 0.1) is 0 Å². The molecule has 0 aliphatic carbocycles. The minimum Gasteiger partial charge on any atom is -0.352 e. The largest absolute Gasteiger partial charge is 0.352 e. The van der Waals surface area contributed by atoms with Crippen molar-refractivity contribution in [2.75, 3.05) is 0 Å². The Kier molecular flexibility index (Phi) is 7.38. The molecule has 0 saturated heterocycles. The summed E-state index contributed by atoms with van der Waals surface area (Å²) in [6, 6.07) is 3.72. The van der Waals surface area contributed by atoms with Crippen LogP contribution in [0.2, 0.25) is 0 Å². The number of imidazole rings is 1. The summed E-state index contributed by atoms with van der Waals surface area (Å²) in [5.41, 5.74) is 0.840. The van der Waals surface area contributed by atoms with Gasteiger partial charge >= 0.3 is 5.69 Å². The lowest BCUT2D eigenvalue weighted by Crippen LogP contribution is -2.31. The van der Waals surface area contributed by atoms with E-state index in [1.807, 2.05) is 23.6 Å². The molecule has 0 unspecified atom stereocenters. The van der Waals surface area contributed by atoms with E-state index in [2.05, 4.69) is 34.1 Å². The molecule has 3 aromatic heterocycles. The van der Waals surface area contributed by atoms with Crippen LogP contribution in [0.25, 0.3) is 11.2 Å². The molecule has 0 saturated carbocycles. The second kappa shape index (κ2) is 10.2. The van der Waals surface area contributed by atoms with Crippen LogP contribution in [-0.2, 0) is 30.8 Å². The maximum absolute atomic E-state index is 12.6. The summed E-state index contributed by atoms with van der Waals surface area (Å²) in [6.45, 7) is 7.63. The van der Waals surface area contributed by atoms with E-state index in [9.17, 15) is 14.4 Å². The molecule has 0 radical (unpaired) electrons. The first-order valence-corrected chi connectivity index (χ1v) is 10.8. The SMILES string of the molecule is CCCCn1c(=O)[nH]c(=O)c2c1nc(CCC(=O)NCc1cccnc1)n2CC(C)C. The van der Waals surface area contributed by atoms with Crippen LogP contribution in [0.5, 0.6) is 0 Å². The lowest BCUT2D eigenvalue weighted by molar-refractivity contribution is -0.121. The van der Waals surface area contributed by atoms with Crippen molar-refractivity contribution in [1.82, 2.24) is 29.4 Å². The van der Waals surface area contributed by atoms with Gasteiger partial charge in [-0.15, -0.1) is 0 Å². The van der Waals surface area contributed by atoms with E-state index in [0.717, 1.165) is 18.4 Å². The molecule has 3 heterocycles. The van der Waals surface area contributed by atoms with Crippen molar-refractivity contribution in [3.8, 4) is 0 Å². The number of aromatic amines is 1. The van der Waals surface area contributed by atoms with E-state index < -0.39 is 11.2 Å². The van der Waals surface area contributed by atoms with Crippen molar-refractivity contribution < 1.29 is 4.79 Å². The third-order valence-corrected chi connectivity index (χ3v) is 5.04. The summed E-state index contributed by atoms with van der Waals surface area (Å²) >= 11 is 0. The number of carbonyl (C=O) groups excluding carboxylic acids is 1. The zero-order chi connectivity index (χ0) is 22.4. The molecule has 0 aliphatic heterocycles. The Morgan fingerprint density at radius 1 is 1.26 bits per heavy atom. The molecule has 0 bridgehead atoms. The van der Waals surface area contributed by atoms with Crippen molar-refractivity contribution in [3.63, 3.8) is 0 Å². The molecule has 31 heavy (non-hydrogen) atoms. The van der Waals surface area contributed by atoms with Gasteiger partial charge in [0.1, 0.15) is 5.82 Å². The number of hydrogen-bond acceptors (Lipinski definition) is 5. The number of rotatable bonds is 10. The lowest BCUT2D eigenvalue weighted by Gasteiger charge is -2.11. The Balaban J connectivity index is 1.86. The molecule has 1 amide bonds. The number of nitrogens with zero attached hydrogens (tertiary/aromatic N) is 4. The third-order valence-electron chi connectivity index (χ3n) is 5.04. The van der Waals surface area contributed by atoms with Gasteiger partial charge in [-0.2, -0.15) is 0 Å². The highest BCUT2D eigenvalue weighted by molar-refractivity contribution is 5.76. The predicted molar refractivity (Wildman–Crippen MR) is 119 cm³/mol. The zero-order valence-electron chi connectivity index (χ0n) is 18.4. The van der Waals surface area contributed by atoms with E-state index >= 15 is 0 Å². The van der Waals surface area contributed by atoms with E-state index in [4.69, 9.17) is 0 Å². The van der Waals surface area contributed by atoms with Gasteiger partial charge in [0, 0.05) is 44.9 Å². The van der Waals surface area contributed by atoms with Crippen molar-refractivity contribution in [2.45, 2.75) is 66.1 Å². The Labute approximate surface area is 180 Å². The molecule has 3 aromatic rings. The van der Waals surface area contributed by atoms with Gasteiger partial charge < -0.3 is 9.88 Å². The molecule has 9 heteroatoms. The number of hydrogen-bond donors (Lipinski definition) is 2. The summed E-state index contributed by atoms with van der Waals surface area (Å²) in [4.78, 5) is 48.5. The molecule has 2 N–H and O–H groups in total. The van der Waals surface area contributed by atoms with Crippen LogP contribution in [0, 0.1) is 5.92 Å². The number of carbonyl (C=O) groups is 1. The fourth-order valence-corrected chi connectivity index (χ4v) is 3.51. The van der Waals surface area contributed by atoms with Gasteiger partial charge in [0.15, 0.2) is 11.2 Å². The van der Waals surface area contributed by atoms with Crippen LogP contribution in [0.4, 0.5) is 0 Å². The van der Waals surface area contributed by atoms with Gasteiger partial charge in [0.25, 0.3) is 5.56 Å². The molecule has 0 atom stereocenters. The van der Waals surface area contributed by atoms with Crippen LogP contribution in [0.1, 0.15) is 51.4 Å². The van der Waals surface area contributed by atoms with Crippen molar-refractivity contribution in [3.05, 3.63) is 56.8 Å². The van der Waals surface area contributed by atoms with Gasteiger partial charge in [-0.25, -0.2) is 9.78 Å². The molecule has 0 fully saturated rings. The molecule has 3 rings (SSSR count). The second-order valence-corrected chi connectivity index (χ2v) is 8.11. The normalized spacial score (nSPS) is 11.4. The van der Waals surface area contributed by atoms with E-state index in [1.54, 1.807) is 12.4 Å². The average molecular weight is 427 g/mol. The van der Waals surface area contributed by atoms with Crippen LogP contribution in [0.15, 0.2) is 34.1 Å². The Bertz CT molecular complexity index is 1140. The highest BCUT2D eigenvalue weighted by Crippen LogP contribution is 2.16. The zero-order valence-corrected chi connectivity index (χ0v) is 18.4. The summed E-state index contributed by atoms with van der Waals surface area (Å²) in [6.07, 6.45) is 5.74. The Morgan fingerprint density at radius 3 is 2.74 bits per heavy atom. The van der Waals surface area contributed by atoms with Crippen LogP contribution in [0.3, 0.4) is 0 Å². The smallest absolute Gasteiger partial charge is 0.330 e. The van der Waals surface area contributed by atoms with Crippen LogP contribution >= 0.6 is 0 Å². The minimum absolute atomic E-state index is 0.107. The summed E-state index contributed by atoms with van der Waals surface area (Å²) in [7, 11) is 0. The van der Waals surface area contributed by atoms with Gasteiger partial charge in [0.2, 0.25) is 5.91 Å². The van der Waals surface area contributed by atoms with Crippen LogP contribution in [-0.4, -0.2) is 30.0 Å². The van der Waals surface area contributed by atoms with E-state index in [0.29, 0.717) is 43.0 Å². The summed E-state index contributed by atoms with van der Waals surface area (Å²) in [5.74, 6) is 0.803. The highest BCUT2D eigenvalue weighted by Gasteiger charge is 2.19.